The number of halogens is 1. The number of fused-ring (bicyclic) bond motifs is 1. The molecule has 0 aliphatic carbocycles. The Kier molecular flexibility index (Phi) is 5.00. The molecule has 3 aromatic rings. The van der Waals surface area contributed by atoms with Crippen LogP contribution >= 0.6 is 11.6 Å². The Balaban J connectivity index is 2.14. The van der Waals surface area contributed by atoms with Gasteiger partial charge < -0.3 is 14.4 Å². The van der Waals surface area contributed by atoms with Gasteiger partial charge in [0.05, 0.1) is 19.0 Å². The van der Waals surface area contributed by atoms with Gasteiger partial charge in [0.1, 0.15) is 5.75 Å². The first-order valence-electron chi connectivity index (χ1n) is 8.12. The monoisotopic (exact) mass is 357 g/mol. The van der Waals surface area contributed by atoms with E-state index in [4.69, 9.17) is 21.4 Å². The third kappa shape index (κ3) is 3.49. The van der Waals surface area contributed by atoms with E-state index in [2.05, 4.69) is 4.57 Å². The summed E-state index contributed by atoms with van der Waals surface area (Å²) in [4.78, 5) is 11.1. The first-order valence-corrected chi connectivity index (χ1v) is 8.50. The molecule has 1 aromatic heterocycles. The maximum Gasteiger partial charge on any atom is 0.303 e. The molecular formula is C20H20ClNO3. The lowest BCUT2D eigenvalue weighted by atomic mass is 10.1. The van der Waals surface area contributed by atoms with Crippen LogP contribution in [0.3, 0.4) is 0 Å². The van der Waals surface area contributed by atoms with Crippen LogP contribution in [0.5, 0.6) is 5.75 Å². The molecule has 0 unspecified atom stereocenters. The van der Waals surface area contributed by atoms with E-state index >= 15 is 0 Å². The molecule has 0 aliphatic rings. The van der Waals surface area contributed by atoms with Gasteiger partial charge in [-0.2, -0.15) is 0 Å². The van der Waals surface area contributed by atoms with Crippen molar-refractivity contribution < 1.29 is 14.6 Å². The minimum absolute atomic E-state index is 0.0973. The second-order valence-corrected chi connectivity index (χ2v) is 6.47. The van der Waals surface area contributed by atoms with E-state index in [0.717, 1.165) is 33.5 Å². The molecule has 3 rings (SSSR count). The molecule has 0 fully saturated rings. The third-order valence-corrected chi connectivity index (χ3v) is 4.73. The Labute approximate surface area is 151 Å². The molecule has 0 aliphatic heterocycles. The number of carbonyl (C=O) groups is 1. The topological polar surface area (TPSA) is 51.5 Å². The van der Waals surface area contributed by atoms with Crippen molar-refractivity contribution in [1.29, 1.82) is 0 Å². The largest absolute Gasteiger partial charge is 0.496 e. The SMILES string of the molecule is COc1cccc2c1c(C)c(CCC(=O)O)n2Cc1ccc(Cl)cc1. The van der Waals surface area contributed by atoms with Crippen LogP contribution in [0, 0.1) is 6.92 Å². The van der Waals surface area contributed by atoms with Gasteiger partial charge >= 0.3 is 5.97 Å². The average Bonchev–Trinajstić information content (AvgIpc) is 2.87. The minimum Gasteiger partial charge on any atom is -0.496 e. The first-order chi connectivity index (χ1) is 12.0. The van der Waals surface area contributed by atoms with Crippen molar-refractivity contribution in [3.05, 3.63) is 64.3 Å². The number of aromatic nitrogens is 1. The molecule has 0 amide bonds. The first kappa shape index (κ1) is 17.4. The van der Waals surface area contributed by atoms with Crippen LogP contribution in [0.15, 0.2) is 42.5 Å². The number of methoxy groups -OCH3 is 1. The smallest absolute Gasteiger partial charge is 0.303 e. The van der Waals surface area contributed by atoms with Gasteiger partial charge in [0.25, 0.3) is 0 Å². The van der Waals surface area contributed by atoms with Gasteiger partial charge in [-0.1, -0.05) is 29.8 Å². The van der Waals surface area contributed by atoms with Crippen LogP contribution in [-0.4, -0.2) is 22.8 Å². The van der Waals surface area contributed by atoms with E-state index in [1.807, 2.05) is 49.4 Å². The normalized spacial score (nSPS) is 11.0. The van der Waals surface area contributed by atoms with Gasteiger partial charge in [-0.15, -0.1) is 0 Å². The number of hydrogen-bond acceptors (Lipinski definition) is 2. The van der Waals surface area contributed by atoms with Crippen molar-refractivity contribution in [2.75, 3.05) is 7.11 Å². The molecule has 1 heterocycles. The molecule has 0 radical (unpaired) electrons. The van der Waals surface area contributed by atoms with Crippen LogP contribution in [0.25, 0.3) is 10.9 Å². The Morgan fingerprint density at radius 2 is 1.92 bits per heavy atom. The molecule has 2 aromatic carbocycles. The highest BCUT2D eigenvalue weighted by molar-refractivity contribution is 6.30. The predicted molar refractivity (Wildman–Crippen MR) is 99.7 cm³/mol. The van der Waals surface area contributed by atoms with E-state index in [1.165, 1.54) is 0 Å². The summed E-state index contributed by atoms with van der Waals surface area (Å²) in [6.07, 6.45) is 0.576. The van der Waals surface area contributed by atoms with Gasteiger partial charge in [-0.25, -0.2) is 0 Å². The lowest BCUT2D eigenvalue weighted by Crippen LogP contribution is -2.07. The second-order valence-electron chi connectivity index (χ2n) is 6.03. The zero-order chi connectivity index (χ0) is 18.0. The number of hydrogen-bond donors (Lipinski definition) is 1. The van der Waals surface area contributed by atoms with Crippen LogP contribution in [-0.2, 0) is 17.8 Å². The maximum absolute atomic E-state index is 11.1. The minimum atomic E-state index is -0.797. The Bertz CT molecular complexity index is 913. The average molecular weight is 358 g/mol. The number of carboxylic acid groups (broad SMARTS) is 1. The summed E-state index contributed by atoms with van der Waals surface area (Å²) in [5.41, 5.74) is 4.26. The van der Waals surface area contributed by atoms with Crippen LogP contribution in [0.4, 0.5) is 0 Å². The van der Waals surface area contributed by atoms with Crippen molar-refractivity contribution in [3.63, 3.8) is 0 Å². The van der Waals surface area contributed by atoms with Crippen molar-refractivity contribution in [2.24, 2.45) is 0 Å². The van der Waals surface area contributed by atoms with Crippen LogP contribution < -0.4 is 4.74 Å². The van der Waals surface area contributed by atoms with Gasteiger partial charge in [0.2, 0.25) is 0 Å². The summed E-state index contributed by atoms with van der Waals surface area (Å²) in [7, 11) is 1.65. The van der Waals surface area contributed by atoms with E-state index < -0.39 is 5.97 Å². The third-order valence-electron chi connectivity index (χ3n) is 4.48. The molecule has 1 N–H and O–H groups in total. The number of ether oxygens (including phenoxy) is 1. The molecule has 0 saturated carbocycles. The number of aryl methyl sites for hydroxylation is 1. The summed E-state index contributed by atoms with van der Waals surface area (Å²) in [6, 6.07) is 13.7. The van der Waals surface area contributed by atoms with Crippen molar-refractivity contribution in [1.82, 2.24) is 4.57 Å². The molecule has 5 heteroatoms. The molecule has 4 nitrogen and oxygen atoms in total. The number of aliphatic carboxylic acids is 1. The van der Waals surface area contributed by atoms with Crippen molar-refractivity contribution in [2.45, 2.75) is 26.3 Å². The summed E-state index contributed by atoms with van der Waals surface area (Å²) < 4.78 is 7.70. The molecule has 25 heavy (non-hydrogen) atoms. The van der Waals surface area contributed by atoms with Gasteiger partial charge in [0, 0.05) is 22.6 Å². The Morgan fingerprint density at radius 3 is 2.56 bits per heavy atom. The number of rotatable bonds is 6. The summed E-state index contributed by atoms with van der Waals surface area (Å²) >= 11 is 5.98. The zero-order valence-electron chi connectivity index (χ0n) is 14.3. The van der Waals surface area contributed by atoms with E-state index in [1.54, 1.807) is 7.11 Å². The Hall–Kier alpha value is -2.46. The highest BCUT2D eigenvalue weighted by Crippen LogP contribution is 2.34. The van der Waals surface area contributed by atoms with E-state index in [0.29, 0.717) is 18.0 Å². The molecule has 0 spiro atoms. The van der Waals surface area contributed by atoms with Gasteiger partial charge in [0.15, 0.2) is 0 Å². The van der Waals surface area contributed by atoms with Crippen LogP contribution in [0.1, 0.15) is 23.2 Å². The molecule has 0 atom stereocenters. The summed E-state index contributed by atoms with van der Waals surface area (Å²) in [6.45, 7) is 2.68. The highest BCUT2D eigenvalue weighted by Gasteiger charge is 2.18. The fourth-order valence-electron chi connectivity index (χ4n) is 3.28. The Morgan fingerprint density at radius 1 is 1.20 bits per heavy atom. The molecule has 130 valence electrons. The van der Waals surface area contributed by atoms with Gasteiger partial charge in [-0.3, -0.25) is 4.79 Å². The quantitative estimate of drug-likeness (QED) is 0.697. The zero-order valence-corrected chi connectivity index (χ0v) is 15.0. The number of carboxylic acids is 1. The predicted octanol–water partition coefficient (Wildman–Crippen LogP) is 4.68. The molecule has 0 saturated heterocycles. The molecule has 0 bridgehead atoms. The second kappa shape index (κ2) is 7.19. The summed E-state index contributed by atoms with van der Waals surface area (Å²) in [5, 5.41) is 10.8. The highest BCUT2D eigenvalue weighted by atomic mass is 35.5. The van der Waals surface area contributed by atoms with Crippen molar-refractivity contribution >= 4 is 28.5 Å². The van der Waals surface area contributed by atoms with E-state index in [9.17, 15) is 4.79 Å². The number of nitrogens with zero attached hydrogens (tertiary/aromatic N) is 1. The van der Waals surface area contributed by atoms with Crippen LogP contribution in [0.2, 0.25) is 5.02 Å². The number of benzene rings is 2. The maximum atomic E-state index is 11.1. The standard InChI is InChI=1S/C20H20ClNO3/c1-13-16(10-11-19(23)24)22(12-14-6-8-15(21)9-7-14)17-4-3-5-18(25-2)20(13)17/h3-9H,10-12H2,1-2H3,(H,23,24). The van der Waals surface area contributed by atoms with Crippen molar-refractivity contribution in [3.8, 4) is 5.75 Å². The van der Waals surface area contributed by atoms with E-state index in [-0.39, 0.29) is 6.42 Å². The lowest BCUT2D eigenvalue weighted by molar-refractivity contribution is -0.136. The fourth-order valence-corrected chi connectivity index (χ4v) is 3.41. The lowest BCUT2D eigenvalue weighted by Gasteiger charge is -2.11. The summed E-state index contributed by atoms with van der Waals surface area (Å²) in [5.74, 6) is 0.0103. The van der Waals surface area contributed by atoms with Gasteiger partial charge in [-0.05, 0) is 48.7 Å². The molecular weight excluding hydrogens is 338 g/mol. The fraction of sp³-hybridized carbons (Fsp3) is 0.250.